The van der Waals surface area contributed by atoms with Gasteiger partial charge in [-0.2, -0.15) is 0 Å². The van der Waals surface area contributed by atoms with Crippen LogP contribution in [0.4, 0.5) is 15.3 Å². The molecule has 39 heavy (non-hydrogen) atoms. The molecule has 0 radical (unpaired) electrons. The molecule has 8 nitrogen and oxygen atoms in total. The molecule has 0 saturated carbocycles. The number of nitrogens with one attached hydrogen (secondary N) is 1. The standard InChI is InChI=1S/C31H34N2O6/c1-31(2,3)39-30(37)33(4)21-11-9-10-20(18-21)16-17-27(28(34)35)32-29(36)38-19-26-24-14-7-5-12-22(24)23-13-6-8-15-25(23)26/h5-15,18,26-27H,16-17,19H2,1-4H3,(H,32,36)(H,34,35)/t27-/m0/s1. The van der Waals surface area contributed by atoms with Gasteiger partial charge in [0, 0.05) is 18.7 Å². The van der Waals surface area contributed by atoms with Crippen LogP contribution in [0.1, 0.15) is 49.8 Å². The van der Waals surface area contributed by atoms with Gasteiger partial charge in [-0.25, -0.2) is 14.4 Å². The Kier molecular flexibility index (Phi) is 8.24. The van der Waals surface area contributed by atoms with Crippen LogP contribution in [0, 0.1) is 0 Å². The number of ether oxygens (including phenoxy) is 2. The second-order valence-corrected chi connectivity index (χ2v) is 10.6. The summed E-state index contributed by atoms with van der Waals surface area (Å²) in [5.41, 5.74) is 5.22. The van der Waals surface area contributed by atoms with E-state index in [1.165, 1.54) is 4.90 Å². The van der Waals surface area contributed by atoms with Gasteiger partial charge in [-0.05, 0) is 73.6 Å². The second-order valence-electron chi connectivity index (χ2n) is 10.6. The molecule has 0 saturated heterocycles. The number of anilines is 1. The van der Waals surface area contributed by atoms with Gasteiger partial charge in [0.25, 0.3) is 0 Å². The zero-order chi connectivity index (χ0) is 28.2. The molecule has 0 fully saturated rings. The van der Waals surface area contributed by atoms with E-state index in [9.17, 15) is 19.5 Å². The lowest BCUT2D eigenvalue weighted by atomic mass is 9.98. The van der Waals surface area contributed by atoms with Gasteiger partial charge in [0.05, 0.1) is 0 Å². The third-order valence-corrected chi connectivity index (χ3v) is 6.62. The van der Waals surface area contributed by atoms with Gasteiger partial charge in [0.15, 0.2) is 0 Å². The number of carbonyl (C=O) groups excluding carboxylic acids is 2. The molecule has 1 atom stereocenters. The van der Waals surface area contributed by atoms with Crippen molar-refractivity contribution in [3.8, 4) is 11.1 Å². The number of carboxylic acids is 1. The fourth-order valence-corrected chi connectivity index (χ4v) is 4.71. The fraction of sp³-hybridized carbons (Fsp3) is 0.323. The first-order valence-corrected chi connectivity index (χ1v) is 12.9. The molecule has 4 rings (SSSR count). The molecule has 0 heterocycles. The van der Waals surface area contributed by atoms with E-state index in [4.69, 9.17) is 9.47 Å². The van der Waals surface area contributed by atoms with Crippen molar-refractivity contribution in [1.29, 1.82) is 0 Å². The summed E-state index contributed by atoms with van der Waals surface area (Å²) in [6.45, 7) is 5.49. The minimum atomic E-state index is -1.15. The van der Waals surface area contributed by atoms with Crippen molar-refractivity contribution in [2.45, 2.75) is 51.2 Å². The molecule has 0 aromatic heterocycles. The lowest BCUT2D eigenvalue weighted by Gasteiger charge is -2.25. The topological polar surface area (TPSA) is 105 Å². The zero-order valence-electron chi connectivity index (χ0n) is 22.6. The largest absolute Gasteiger partial charge is 0.480 e. The van der Waals surface area contributed by atoms with Gasteiger partial charge in [-0.3, -0.25) is 4.90 Å². The van der Waals surface area contributed by atoms with Gasteiger partial charge in [-0.1, -0.05) is 60.7 Å². The highest BCUT2D eigenvalue weighted by Gasteiger charge is 2.30. The van der Waals surface area contributed by atoms with Crippen LogP contribution in [0.5, 0.6) is 0 Å². The van der Waals surface area contributed by atoms with E-state index >= 15 is 0 Å². The van der Waals surface area contributed by atoms with Crippen LogP contribution in [0.3, 0.4) is 0 Å². The number of aryl methyl sites for hydroxylation is 1. The summed E-state index contributed by atoms with van der Waals surface area (Å²) >= 11 is 0. The number of benzene rings is 3. The summed E-state index contributed by atoms with van der Waals surface area (Å²) in [7, 11) is 1.62. The number of fused-ring (bicyclic) bond motifs is 3. The molecule has 0 bridgehead atoms. The van der Waals surface area contributed by atoms with Crippen LogP contribution in [0.25, 0.3) is 11.1 Å². The normalized spacial score (nSPS) is 13.1. The maximum absolute atomic E-state index is 12.6. The van der Waals surface area contributed by atoms with Crippen LogP contribution in [0.15, 0.2) is 72.8 Å². The average Bonchev–Trinajstić information content (AvgIpc) is 3.22. The van der Waals surface area contributed by atoms with E-state index < -0.39 is 29.8 Å². The number of hydrogen-bond donors (Lipinski definition) is 2. The predicted octanol–water partition coefficient (Wildman–Crippen LogP) is 5.98. The van der Waals surface area contributed by atoms with E-state index in [0.29, 0.717) is 12.1 Å². The number of nitrogens with zero attached hydrogens (tertiary/aromatic N) is 1. The molecule has 1 aliphatic carbocycles. The first-order valence-electron chi connectivity index (χ1n) is 12.9. The zero-order valence-corrected chi connectivity index (χ0v) is 22.6. The SMILES string of the molecule is CN(C(=O)OC(C)(C)C)c1cccc(CC[C@H](NC(=O)OCC2c3ccccc3-c3ccccc32)C(=O)O)c1. The number of hydrogen-bond acceptors (Lipinski definition) is 5. The molecular weight excluding hydrogens is 496 g/mol. The Labute approximate surface area is 228 Å². The molecular formula is C31H34N2O6. The summed E-state index contributed by atoms with van der Waals surface area (Å²) in [6.07, 6.45) is -0.738. The molecule has 0 aliphatic heterocycles. The summed E-state index contributed by atoms with van der Waals surface area (Å²) < 4.78 is 10.9. The Morgan fingerprint density at radius 2 is 1.56 bits per heavy atom. The minimum absolute atomic E-state index is 0.102. The van der Waals surface area contributed by atoms with Crippen LogP contribution in [-0.4, -0.2) is 48.6 Å². The Bertz CT molecular complexity index is 1320. The van der Waals surface area contributed by atoms with Crippen LogP contribution in [0.2, 0.25) is 0 Å². The van der Waals surface area contributed by atoms with Crippen molar-refractivity contribution in [1.82, 2.24) is 5.32 Å². The Morgan fingerprint density at radius 1 is 0.949 bits per heavy atom. The molecule has 3 aromatic rings. The average molecular weight is 531 g/mol. The third kappa shape index (κ3) is 6.76. The minimum Gasteiger partial charge on any atom is -0.480 e. The highest BCUT2D eigenvalue weighted by atomic mass is 16.6. The Hall–Kier alpha value is -4.33. The number of aliphatic carboxylic acids is 1. The lowest BCUT2D eigenvalue weighted by Crippen LogP contribution is -2.41. The van der Waals surface area contributed by atoms with Gasteiger partial charge in [0.2, 0.25) is 0 Å². The molecule has 2 N–H and O–H groups in total. The Morgan fingerprint density at radius 3 is 2.15 bits per heavy atom. The van der Waals surface area contributed by atoms with E-state index in [1.807, 2.05) is 42.5 Å². The second kappa shape index (κ2) is 11.6. The van der Waals surface area contributed by atoms with E-state index in [-0.39, 0.29) is 18.9 Å². The summed E-state index contributed by atoms with van der Waals surface area (Å²) in [6, 6.07) is 22.1. The van der Waals surface area contributed by atoms with Gasteiger partial charge in [0.1, 0.15) is 18.2 Å². The van der Waals surface area contributed by atoms with Crippen molar-refractivity contribution >= 4 is 23.8 Å². The van der Waals surface area contributed by atoms with Crippen molar-refractivity contribution in [3.05, 3.63) is 89.5 Å². The summed E-state index contributed by atoms with van der Waals surface area (Å²) in [5.74, 6) is -1.26. The van der Waals surface area contributed by atoms with Gasteiger partial charge < -0.3 is 19.9 Å². The first-order chi connectivity index (χ1) is 18.5. The van der Waals surface area contributed by atoms with Crippen molar-refractivity contribution in [3.63, 3.8) is 0 Å². The van der Waals surface area contributed by atoms with E-state index in [2.05, 4.69) is 17.4 Å². The molecule has 0 spiro atoms. The summed E-state index contributed by atoms with van der Waals surface area (Å²) in [4.78, 5) is 38.3. The van der Waals surface area contributed by atoms with Crippen LogP contribution in [-0.2, 0) is 20.7 Å². The van der Waals surface area contributed by atoms with Crippen molar-refractivity contribution in [2.75, 3.05) is 18.6 Å². The molecule has 2 amide bonds. The number of amides is 2. The van der Waals surface area contributed by atoms with Gasteiger partial charge in [-0.15, -0.1) is 0 Å². The molecule has 1 aliphatic rings. The monoisotopic (exact) mass is 530 g/mol. The number of alkyl carbamates (subject to hydrolysis) is 1. The number of carbonyl (C=O) groups is 3. The van der Waals surface area contributed by atoms with Gasteiger partial charge >= 0.3 is 18.2 Å². The molecule has 204 valence electrons. The highest BCUT2D eigenvalue weighted by molar-refractivity contribution is 5.87. The highest BCUT2D eigenvalue weighted by Crippen LogP contribution is 2.44. The van der Waals surface area contributed by atoms with E-state index in [1.54, 1.807) is 46.0 Å². The number of rotatable bonds is 8. The fourth-order valence-electron chi connectivity index (χ4n) is 4.71. The van der Waals surface area contributed by atoms with E-state index in [0.717, 1.165) is 27.8 Å². The van der Waals surface area contributed by atoms with Crippen LogP contribution >= 0.6 is 0 Å². The Balaban J connectivity index is 1.35. The predicted molar refractivity (Wildman–Crippen MR) is 149 cm³/mol. The van der Waals surface area contributed by atoms with Crippen LogP contribution < -0.4 is 10.2 Å². The quantitative estimate of drug-likeness (QED) is 0.371. The molecule has 0 unspecified atom stereocenters. The number of carboxylic acid groups (broad SMARTS) is 1. The molecule has 3 aromatic carbocycles. The van der Waals surface area contributed by atoms with Crippen molar-refractivity contribution < 1.29 is 29.0 Å². The lowest BCUT2D eigenvalue weighted by molar-refractivity contribution is -0.139. The summed E-state index contributed by atoms with van der Waals surface area (Å²) in [5, 5.41) is 12.2. The third-order valence-electron chi connectivity index (χ3n) is 6.62. The maximum atomic E-state index is 12.6. The molecule has 8 heteroatoms. The first kappa shape index (κ1) is 27.7. The van der Waals surface area contributed by atoms with Crippen molar-refractivity contribution in [2.24, 2.45) is 0 Å². The maximum Gasteiger partial charge on any atom is 0.414 e. The smallest absolute Gasteiger partial charge is 0.414 e.